The zero-order chi connectivity index (χ0) is 30.6. The van der Waals surface area contributed by atoms with Crippen LogP contribution < -0.4 is 10.6 Å². The van der Waals surface area contributed by atoms with Crippen molar-refractivity contribution < 1.29 is 9.18 Å². The highest BCUT2D eigenvalue weighted by molar-refractivity contribution is 7.16. The number of hydrogen-bond donors (Lipinski definition) is 0. The van der Waals surface area contributed by atoms with Crippen LogP contribution in [0.4, 0.5) is 10.2 Å². The molecule has 0 N–H and O–H groups in total. The van der Waals surface area contributed by atoms with E-state index in [9.17, 15) is 9.59 Å². The Bertz CT molecular complexity index is 1990. The molecule has 2 aromatic carbocycles. The molecule has 4 heterocycles. The van der Waals surface area contributed by atoms with Crippen LogP contribution >= 0.6 is 22.9 Å². The van der Waals surface area contributed by atoms with Crippen LogP contribution in [-0.2, 0) is 4.79 Å². The van der Waals surface area contributed by atoms with E-state index in [2.05, 4.69) is 36.5 Å². The van der Waals surface area contributed by atoms with E-state index in [1.165, 1.54) is 16.7 Å². The number of carbonyl (C=O) groups excluding carboxylic acids is 1. The molecule has 43 heavy (non-hydrogen) atoms. The molecule has 1 amide bonds. The molecule has 8 nitrogen and oxygen atoms in total. The quantitative estimate of drug-likeness (QED) is 0.210. The van der Waals surface area contributed by atoms with Crippen LogP contribution in [0.3, 0.4) is 0 Å². The van der Waals surface area contributed by atoms with E-state index in [1.54, 1.807) is 46.0 Å². The van der Waals surface area contributed by atoms with Crippen LogP contribution in [-0.4, -0.2) is 56.0 Å². The number of aromatic nitrogens is 4. The maximum absolute atomic E-state index is 15.0. The Morgan fingerprint density at radius 1 is 1.21 bits per heavy atom. The lowest BCUT2D eigenvalue weighted by Gasteiger charge is -2.40. The first kappa shape index (κ1) is 28.9. The van der Waals surface area contributed by atoms with Crippen molar-refractivity contribution in [2.45, 2.75) is 39.7 Å². The van der Waals surface area contributed by atoms with Crippen LogP contribution in [0.2, 0.25) is 5.02 Å². The second-order valence-electron chi connectivity index (χ2n) is 11.0. The zero-order valence-electron chi connectivity index (χ0n) is 24.3. The molecule has 0 aliphatic carbocycles. The third-order valence-electron chi connectivity index (χ3n) is 8.03. The van der Waals surface area contributed by atoms with Gasteiger partial charge in [-0.1, -0.05) is 44.2 Å². The fraction of sp³-hybridized carbons (Fsp3) is 0.281. The summed E-state index contributed by atoms with van der Waals surface area (Å²) in [6, 6.07) is 9.91. The van der Waals surface area contributed by atoms with Gasteiger partial charge in [0, 0.05) is 36.8 Å². The number of thiazole rings is 1. The number of hydrogen-bond acceptors (Lipinski definition) is 7. The summed E-state index contributed by atoms with van der Waals surface area (Å²) in [7, 11) is 0. The fourth-order valence-corrected chi connectivity index (χ4v) is 6.92. The Balaban J connectivity index is 1.67. The average Bonchev–Trinajstić information content (AvgIpc) is 3.46. The molecule has 0 saturated carbocycles. The number of pyridine rings is 1. The molecular formula is C32H30ClFN6O2S. The molecule has 0 radical (unpaired) electrons. The summed E-state index contributed by atoms with van der Waals surface area (Å²) in [6.45, 7) is 13.0. The molecule has 0 unspecified atom stereocenters. The van der Waals surface area contributed by atoms with Crippen molar-refractivity contribution in [2.24, 2.45) is 0 Å². The summed E-state index contributed by atoms with van der Waals surface area (Å²) in [4.78, 5) is 44.4. The lowest BCUT2D eigenvalue weighted by atomic mass is 9.97. The number of nitrogens with zero attached hydrogens (tertiary/aromatic N) is 6. The molecule has 1 fully saturated rings. The van der Waals surface area contributed by atoms with E-state index >= 15 is 4.39 Å². The Labute approximate surface area is 257 Å². The van der Waals surface area contributed by atoms with Crippen LogP contribution in [0, 0.1) is 12.7 Å². The summed E-state index contributed by atoms with van der Waals surface area (Å²) >= 11 is 8.36. The highest BCUT2D eigenvalue weighted by Crippen LogP contribution is 2.38. The van der Waals surface area contributed by atoms with E-state index in [-0.39, 0.29) is 34.1 Å². The summed E-state index contributed by atoms with van der Waals surface area (Å²) < 4.78 is 17.6. The Hall–Kier alpha value is -4.15. The van der Waals surface area contributed by atoms with E-state index in [4.69, 9.17) is 16.6 Å². The number of amides is 1. The first-order chi connectivity index (χ1) is 20.6. The largest absolute Gasteiger partial charge is 0.355 e. The normalized spacial score (nSPS) is 15.6. The van der Waals surface area contributed by atoms with Gasteiger partial charge in [-0.15, -0.1) is 11.3 Å². The van der Waals surface area contributed by atoms with E-state index in [0.29, 0.717) is 42.2 Å². The average molecular weight is 617 g/mol. The molecule has 3 aromatic heterocycles. The van der Waals surface area contributed by atoms with Gasteiger partial charge in [-0.05, 0) is 55.7 Å². The van der Waals surface area contributed by atoms with Crippen LogP contribution in [0.15, 0.2) is 59.4 Å². The Morgan fingerprint density at radius 3 is 2.67 bits per heavy atom. The molecule has 1 saturated heterocycles. The van der Waals surface area contributed by atoms with Gasteiger partial charge in [-0.2, -0.15) is 4.98 Å². The predicted molar refractivity (Wildman–Crippen MR) is 171 cm³/mol. The second-order valence-corrected chi connectivity index (χ2v) is 12.3. The zero-order valence-corrected chi connectivity index (χ0v) is 25.8. The van der Waals surface area contributed by atoms with Crippen molar-refractivity contribution in [1.82, 2.24) is 24.4 Å². The third kappa shape index (κ3) is 4.88. The lowest BCUT2D eigenvalue weighted by molar-refractivity contribution is -0.126. The summed E-state index contributed by atoms with van der Waals surface area (Å²) in [5, 5.41) is 0.780. The van der Waals surface area contributed by atoms with Gasteiger partial charge >= 0.3 is 5.69 Å². The van der Waals surface area contributed by atoms with Crippen LogP contribution in [0.25, 0.3) is 38.2 Å². The molecule has 1 aliphatic heterocycles. The predicted octanol–water partition coefficient (Wildman–Crippen LogP) is 6.50. The SMILES string of the molecule is C=CC(=O)N1CCN(c2nc(=O)n(-c3c(C(C)C)cc4scnc4c3C)c3nc(-c4ccccc4F)c(Cl)cc23)[C@@H](C)C1. The summed E-state index contributed by atoms with van der Waals surface area (Å²) in [5.74, 6) is -0.134. The molecule has 6 rings (SSSR count). The van der Waals surface area contributed by atoms with E-state index in [0.717, 1.165) is 21.3 Å². The first-order valence-electron chi connectivity index (χ1n) is 14.0. The molecule has 0 bridgehead atoms. The van der Waals surface area contributed by atoms with Crippen molar-refractivity contribution >= 4 is 55.9 Å². The lowest BCUT2D eigenvalue weighted by Crippen LogP contribution is -2.54. The molecule has 220 valence electrons. The molecule has 11 heteroatoms. The van der Waals surface area contributed by atoms with Gasteiger partial charge in [0.05, 0.1) is 37.5 Å². The van der Waals surface area contributed by atoms with Crippen LogP contribution in [0.5, 0.6) is 0 Å². The number of anilines is 1. The molecule has 1 aliphatic rings. The molecule has 1 atom stereocenters. The van der Waals surface area contributed by atoms with E-state index < -0.39 is 11.5 Å². The van der Waals surface area contributed by atoms with Gasteiger partial charge in [0.1, 0.15) is 11.6 Å². The second kappa shape index (κ2) is 11.2. The number of aryl methyl sites for hydroxylation is 1. The van der Waals surface area contributed by atoms with Crippen molar-refractivity contribution in [2.75, 3.05) is 24.5 Å². The van der Waals surface area contributed by atoms with Crippen LogP contribution in [0.1, 0.15) is 37.8 Å². The minimum atomic E-state index is -0.520. The number of rotatable bonds is 5. The number of benzene rings is 2. The standard InChI is InChI=1S/C32H30ClFN6O2S/c1-6-26(41)38-11-12-39(18(4)15-38)30-22-13-23(33)28(20-9-7-8-10-24(20)34)36-31(22)40(32(42)37-30)29-19(5)27-25(43-16-35-27)14-21(29)17(2)3/h6-10,13-14,16-18H,1,11-12,15H2,2-5H3/t18-/m0/s1. The smallest absolute Gasteiger partial charge is 0.350 e. The topological polar surface area (TPSA) is 84.2 Å². The van der Waals surface area contributed by atoms with Gasteiger partial charge in [0.15, 0.2) is 5.65 Å². The number of fused-ring (bicyclic) bond motifs is 2. The van der Waals surface area contributed by atoms with Crippen molar-refractivity contribution in [3.05, 3.63) is 87.0 Å². The number of carbonyl (C=O) groups is 1. The first-order valence-corrected chi connectivity index (χ1v) is 15.3. The Morgan fingerprint density at radius 2 is 1.98 bits per heavy atom. The van der Waals surface area contributed by atoms with Gasteiger partial charge in [0.2, 0.25) is 5.91 Å². The van der Waals surface area contributed by atoms with Gasteiger partial charge in [-0.25, -0.2) is 23.7 Å². The molecule has 0 spiro atoms. The Kier molecular flexibility index (Phi) is 7.52. The highest BCUT2D eigenvalue weighted by atomic mass is 35.5. The maximum atomic E-state index is 15.0. The monoisotopic (exact) mass is 616 g/mol. The van der Waals surface area contributed by atoms with Gasteiger partial charge in [0.25, 0.3) is 0 Å². The van der Waals surface area contributed by atoms with Gasteiger partial charge in [-0.3, -0.25) is 4.79 Å². The molecule has 5 aromatic rings. The van der Waals surface area contributed by atoms with Crippen molar-refractivity contribution in [1.29, 1.82) is 0 Å². The summed E-state index contributed by atoms with van der Waals surface area (Å²) in [6.07, 6.45) is 1.30. The van der Waals surface area contributed by atoms with Crippen molar-refractivity contribution in [3.8, 4) is 16.9 Å². The maximum Gasteiger partial charge on any atom is 0.355 e. The third-order valence-corrected chi connectivity index (χ3v) is 9.09. The molecular weight excluding hydrogens is 587 g/mol. The van der Waals surface area contributed by atoms with Gasteiger partial charge < -0.3 is 9.80 Å². The fourth-order valence-electron chi connectivity index (χ4n) is 5.88. The number of piperazine rings is 1. The van der Waals surface area contributed by atoms with E-state index in [1.807, 2.05) is 18.7 Å². The minimum absolute atomic E-state index is 0.0654. The van der Waals surface area contributed by atoms with Crippen molar-refractivity contribution in [3.63, 3.8) is 0 Å². The summed E-state index contributed by atoms with van der Waals surface area (Å²) in [5.41, 5.74) is 5.27. The highest BCUT2D eigenvalue weighted by Gasteiger charge is 2.31. The minimum Gasteiger partial charge on any atom is -0.350 e. The number of halogens is 2.